The van der Waals surface area contributed by atoms with E-state index < -0.39 is 10.0 Å². The molecule has 3 rings (SSSR count). The van der Waals surface area contributed by atoms with Gasteiger partial charge in [-0.05, 0) is 54.8 Å². The van der Waals surface area contributed by atoms with Crippen molar-refractivity contribution in [2.24, 2.45) is 0 Å². The number of sulfonamides is 1. The van der Waals surface area contributed by atoms with Crippen LogP contribution in [-0.2, 0) is 23.0 Å². The van der Waals surface area contributed by atoms with Gasteiger partial charge in [-0.1, -0.05) is 0 Å². The van der Waals surface area contributed by atoms with Crippen molar-refractivity contribution >= 4 is 10.0 Å². The van der Waals surface area contributed by atoms with Crippen LogP contribution in [0, 0.1) is 0 Å². The summed E-state index contributed by atoms with van der Waals surface area (Å²) >= 11 is 0. The molecule has 1 heterocycles. The first-order valence-electron chi connectivity index (χ1n) is 10.1. The van der Waals surface area contributed by atoms with Gasteiger partial charge in [0.25, 0.3) is 0 Å². The van der Waals surface area contributed by atoms with Crippen LogP contribution >= 0.6 is 0 Å². The molecule has 8 nitrogen and oxygen atoms in total. The fourth-order valence-electron chi connectivity index (χ4n) is 3.71. The van der Waals surface area contributed by atoms with E-state index in [9.17, 15) is 8.42 Å². The maximum atomic E-state index is 12.6. The second-order valence-corrected chi connectivity index (χ2v) is 9.04. The van der Waals surface area contributed by atoms with Crippen LogP contribution < -0.4 is 23.7 Å². The maximum absolute atomic E-state index is 12.6. The summed E-state index contributed by atoms with van der Waals surface area (Å²) in [5.74, 6) is 2.34. The van der Waals surface area contributed by atoms with E-state index >= 15 is 0 Å². The molecule has 0 amide bonds. The highest BCUT2D eigenvalue weighted by Crippen LogP contribution is 2.33. The molecule has 170 valence electrons. The molecular weight excluding hydrogens is 420 g/mol. The van der Waals surface area contributed by atoms with E-state index in [1.54, 1.807) is 20.3 Å². The minimum absolute atomic E-state index is 0.151. The minimum atomic E-state index is -3.62. The molecule has 9 heteroatoms. The van der Waals surface area contributed by atoms with E-state index in [0.717, 1.165) is 37.6 Å². The van der Waals surface area contributed by atoms with Crippen LogP contribution in [0.4, 0.5) is 0 Å². The zero-order valence-corrected chi connectivity index (χ0v) is 19.3. The first kappa shape index (κ1) is 23.2. The number of rotatable bonds is 10. The fourth-order valence-corrected chi connectivity index (χ4v) is 4.80. The fraction of sp³-hybridized carbons (Fsp3) is 0.455. The predicted molar refractivity (Wildman–Crippen MR) is 118 cm³/mol. The molecule has 0 spiro atoms. The van der Waals surface area contributed by atoms with Crippen LogP contribution in [0.3, 0.4) is 0 Å². The van der Waals surface area contributed by atoms with Crippen LogP contribution in [0.2, 0.25) is 0 Å². The van der Waals surface area contributed by atoms with Crippen molar-refractivity contribution in [2.45, 2.75) is 24.3 Å². The van der Waals surface area contributed by atoms with Gasteiger partial charge >= 0.3 is 0 Å². The molecule has 0 unspecified atom stereocenters. The lowest BCUT2D eigenvalue weighted by atomic mass is 9.98. The molecule has 0 fully saturated rings. The molecule has 0 bridgehead atoms. The molecule has 1 aliphatic heterocycles. The number of nitrogens with zero attached hydrogens (tertiary/aromatic N) is 1. The Morgan fingerprint density at radius 2 is 1.48 bits per heavy atom. The Morgan fingerprint density at radius 1 is 0.871 bits per heavy atom. The van der Waals surface area contributed by atoms with Gasteiger partial charge in [0.2, 0.25) is 10.0 Å². The van der Waals surface area contributed by atoms with E-state index in [2.05, 4.69) is 9.62 Å². The first-order chi connectivity index (χ1) is 14.9. The van der Waals surface area contributed by atoms with Gasteiger partial charge in [-0.15, -0.1) is 0 Å². The lowest BCUT2D eigenvalue weighted by molar-refractivity contribution is 0.250. The van der Waals surface area contributed by atoms with Gasteiger partial charge in [0, 0.05) is 25.7 Å². The van der Waals surface area contributed by atoms with Crippen LogP contribution in [0.1, 0.15) is 17.5 Å². The summed E-state index contributed by atoms with van der Waals surface area (Å²) < 4.78 is 49.0. The Hall–Kier alpha value is -2.49. The monoisotopic (exact) mass is 450 g/mol. The van der Waals surface area contributed by atoms with E-state index in [-0.39, 0.29) is 4.90 Å². The number of ether oxygens (including phenoxy) is 4. The quantitative estimate of drug-likeness (QED) is 0.557. The van der Waals surface area contributed by atoms with Crippen molar-refractivity contribution in [1.82, 2.24) is 9.62 Å². The van der Waals surface area contributed by atoms with Crippen molar-refractivity contribution in [2.75, 3.05) is 48.1 Å². The molecule has 2 aromatic carbocycles. The molecule has 1 N–H and O–H groups in total. The first-order valence-corrected chi connectivity index (χ1v) is 11.6. The van der Waals surface area contributed by atoms with E-state index in [1.165, 1.54) is 37.5 Å². The number of nitrogens with one attached hydrogen (secondary N) is 1. The third kappa shape index (κ3) is 5.41. The highest BCUT2D eigenvalue weighted by molar-refractivity contribution is 7.89. The van der Waals surface area contributed by atoms with Gasteiger partial charge < -0.3 is 18.9 Å². The molecule has 2 aromatic rings. The number of fused-ring (bicyclic) bond motifs is 1. The van der Waals surface area contributed by atoms with Crippen LogP contribution in [0.25, 0.3) is 0 Å². The lowest BCUT2D eigenvalue weighted by Crippen LogP contribution is -2.33. The zero-order valence-electron chi connectivity index (χ0n) is 18.4. The third-order valence-corrected chi connectivity index (χ3v) is 6.86. The number of hydrogen-bond acceptors (Lipinski definition) is 7. The molecule has 0 saturated heterocycles. The largest absolute Gasteiger partial charge is 0.493 e. The van der Waals surface area contributed by atoms with Crippen LogP contribution in [0.5, 0.6) is 23.0 Å². The number of benzene rings is 2. The molecule has 1 aliphatic rings. The van der Waals surface area contributed by atoms with E-state index in [1.807, 2.05) is 12.1 Å². The summed E-state index contributed by atoms with van der Waals surface area (Å²) in [7, 11) is 2.64. The van der Waals surface area contributed by atoms with E-state index in [4.69, 9.17) is 18.9 Å². The minimum Gasteiger partial charge on any atom is -0.493 e. The molecule has 0 saturated carbocycles. The maximum Gasteiger partial charge on any atom is 0.240 e. The van der Waals surface area contributed by atoms with Crippen molar-refractivity contribution in [3.63, 3.8) is 0 Å². The SMILES string of the molecule is COc1ccc(S(=O)(=O)NCCCN2CCc3cc(OC)c(OC)cc3C2)cc1OC. The van der Waals surface area contributed by atoms with Gasteiger partial charge in [0.15, 0.2) is 23.0 Å². The number of hydrogen-bond donors (Lipinski definition) is 1. The summed E-state index contributed by atoms with van der Waals surface area (Å²) in [5.41, 5.74) is 2.48. The Morgan fingerprint density at radius 3 is 2.13 bits per heavy atom. The zero-order chi connectivity index (χ0) is 22.4. The Bertz CT molecular complexity index is 1010. The average molecular weight is 451 g/mol. The highest BCUT2D eigenvalue weighted by Gasteiger charge is 2.20. The summed E-state index contributed by atoms with van der Waals surface area (Å²) in [6.07, 6.45) is 1.63. The van der Waals surface area contributed by atoms with Crippen LogP contribution in [0.15, 0.2) is 35.2 Å². The average Bonchev–Trinajstić information content (AvgIpc) is 2.80. The molecule has 31 heavy (non-hydrogen) atoms. The normalized spacial score (nSPS) is 14.1. The number of methoxy groups -OCH3 is 4. The summed E-state index contributed by atoms with van der Waals surface area (Å²) in [6, 6.07) is 8.63. The van der Waals surface area contributed by atoms with Gasteiger partial charge in [-0.25, -0.2) is 13.1 Å². The van der Waals surface area contributed by atoms with Gasteiger partial charge in [0.1, 0.15) is 0 Å². The van der Waals surface area contributed by atoms with Crippen molar-refractivity contribution < 1.29 is 27.4 Å². The molecule has 0 radical (unpaired) electrons. The summed E-state index contributed by atoms with van der Waals surface area (Å²) in [6.45, 7) is 2.87. The predicted octanol–water partition coefficient (Wildman–Crippen LogP) is 2.45. The summed E-state index contributed by atoms with van der Waals surface area (Å²) in [4.78, 5) is 2.47. The summed E-state index contributed by atoms with van der Waals surface area (Å²) in [5, 5.41) is 0. The van der Waals surface area contributed by atoms with Crippen molar-refractivity contribution in [1.29, 1.82) is 0 Å². The highest BCUT2D eigenvalue weighted by atomic mass is 32.2. The van der Waals surface area contributed by atoms with Crippen molar-refractivity contribution in [3.05, 3.63) is 41.5 Å². The Balaban J connectivity index is 1.54. The van der Waals surface area contributed by atoms with Crippen molar-refractivity contribution in [3.8, 4) is 23.0 Å². The van der Waals surface area contributed by atoms with Gasteiger partial charge in [-0.2, -0.15) is 0 Å². The smallest absolute Gasteiger partial charge is 0.240 e. The van der Waals surface area contributed by atoms with Gasteiger partial charge in [-0.3, -0.25) is 4.90 Å². The molecule has 0 aromatic heterocycles. The van der Waals surface area contributed by atoms with Gasteiger partial charge in [0.05, 0.1) is 33.3 Å². The molecule has 0 atom stereocenters. The third-order valence-electron chi connectivity index (χ3n) is 5.41. The second kappa shape index (κ2) is 10.2. The molecule has 0 aliphatic carbocycles. The Labute approximate surface area is 184 Å². The topological polar surface area (TPSA) is 86.3 Å². The second-order valence-electron chi connectivity index (χ2n) is 7.27. The Kier molecular flexibility index (Phi) is 7.64. The molecular formula is C22H30N2O6S. The van der Waals surface area contributed by atoms with E-state index in [0.29, 0.717) is 24.5 Å². The standard InChI is InChI=1S/C22H30N2O6S/c1-27-19-7-6-18(14-22(19)30-4)31(25,26)23-9-5-10-24-11-8-16-12-20(28-2)21(29-3)13-17(16)15-24/h6-7,12-14,23H,5,8-11,15H2,1-4H3. The van der Waals surface area contributed by atoms with Crippen LogP contribution in [-0.4, -0.2) is 61.4 Å². The lowest BCUT2D eigenvalue weighted by Gasteiger charge is -2.29.